The summed E-state index contributed by atoms with van der Waals surface area (Å²) in [6.07, 6.45) is 3.04. The monoisotopic (exact) mass is 1170 g/mol. The van der Waals surface area contributed by atoms with Crippen molar-refractivity contribution in [2.75, 3.05) is 55.9 Å². The maximum atomic E-state index is 15.1. The highest BCUT2D eigenvalue weighted by Crippen LogP contribution is 2.25. The van der Waals surface area contributed by atoms with Gasteiger partial charge in [0, 0.05) is 49.3 Å². The van der Waals surface area contributed by atoms with Crippen molar-refractivity contribution in [3.05, 3.63) is 12.2 Å². The van der Waals surface area contributed by atoms with Crippen molar-refractivity contribution >= 4 is 65.0 Å². The van der Waals surface area contributed by atoms with Gasteiger partial charge in [-0.05, 0) is 102 Å². The number of amides is 11. The van der Waals surface area contributed by atoms with Crippen LogP contribution in [0.15, 0.2) is 12.2 Å². The summed E-state index contributed by atoms with van der Waals surface area (Å²) >= 11 is 0. The molecular weight excluding hydrogens is 1070 g/mol. The highest BCUT2D eigenvalue weighted by Gasteiger charge is 2.45. The van der Waals surface area contributed by atoms with Crippen LogP contribution in [-0.2, 0) is 52.7 Å². The first-order valence-electron chi connectivity index (χ1n) is 29.7. The Bertz CT molecular complexity index is 2270. The molecule has 1 aliphatic heterocycles. The van der Waals surface area contributed by atoms with Crippen LogP contribution in [0.2, 0.25) is 0 Å². The Labute approximate surface area is 496 Å². The van der Waals surface area contributed by atoms with Crippen LogP contribution in [-0.4, -0.2) is 227 Å². The second-order valence-electron chi connectivity index (χ2n) is 25.1. The summed E-state index contributed by atoms with van der Waals surface area (Å²) in [6.45, 7) is 27.3. The molecule has 0 radical (unpaired) electrons. The van der Waals surface area contributed by atoms with Crippen molar-refractivity contribution in [2.45, 2.75) is 216 Å². The standard InChI is InChI=1S/C60H107N11O12/c1-24-26-27-38(13)50(73)49-54(77)63-42(25-2)56(79)65(17)32-47(72)67(19)44(29-34(5)6)53(76)64-43(28-33(3)4)57(80)66(18)41(16)52(75)61-39(14)51(74)62-40(15)55(78)68(20)45(30-35(7)8)58(81)69(21)46(31-36(9)10)59(82)70(22)48(37(11)12)60(83)71(49)23/h24,26,33-46,48-50,73H,25,27-32H2,1-23H3,(H,61,75)(H,62,74)(H,63,77)(H,64,76)/b26-24+/t38-,39+,40-,41+,42+,43+,44+,45+,46-,48+,49+,50-/m1/s1. The van der Waals surface area contributed by atoms with Gasteiger partial charge in [-0.15, -0.1) is 0 Å². The van der Waals surface area contributed by atoms with Crippen LogP contribution in [0.4, 0.5) is 0 Å². The molecule has 0 unspecified atom stereocenters. The van der Waals surface area contributed by atoms with Crippen LogP contribution in [0.25, 0.3) is 0 Å². The van der Waals surface area contributed by atoms with Crippen LogP contribution in [0, 0.1) is 35.5 Å². The Balaban J connectivity index is 4.26. The number of aliphatic hydroxyl groups is 1. The van der Waals surface area contributed by atoms with Crippen LogP contribution >= 0.6 is 0 Å². The van der Waals surface area contributed by atoms with E-state index in [0.717, 1.165) is 14.7 Å². The van der Waals surface area contributed by atoms with Crippen LogP contribution in [0.5, 0.6) is 0 Å². The van der Waals surface area contributed by atoms with Gasteiger partial charge < -0.3 is 60.7 Å². The molecule has 5 N–H and O–H groups in total. The first kappa shape index (κ1) is 74.9. The van der Waals surface area contributed by atoms with E-state index in [0.29, 0.717) is 6.42 Å². The molecule has 12 atom stereocenters. The lowest BCUT2D eigenvalue weighted by Gasteiger charge is -2.41. The number of rotatable bonds is 14. The van der Waals surface area contributed by atoms with E-state index < -0.39 is 150 Å². The molecule has 0 aliphatic carbocycles. The first-order chi connectivity index (χ1) is 38.3. The highest BCUT2D eigenvalue weighted by atomic mass is 16.3. The summed E-state index contributed by atoms with van der Waals surface area (Å²) < 4.78 is 0. The predicted octanol–water partition coefficient (Wildman–Crippen LogP) is 2.63. The molecule has 0 aromatic carbocycles. The molecule has 11 amide bonds. The SMILES string of the molecule is C/C=C/C[C@@H](C)[C@@H](O)[C@H]1C(=O)N[C@@H](CC)C(=O)N(C)CC(=O)N(C)[C@@H](CC(C)C)C(=O)N[C@@H](CC(C)C)C(=O)N(C)[C@@H](C)C(=O)N[C@@H](C)C(=O)N[C@H](C)C(=O)N(C)[C@@H](CC(C)C)C(=O)N(C)[C@H](CC(C)C)C(=O)N(C)[C@@H](C(C)C)C(=O)N1C. The fraction of sp³-hybridized carbons (Fsp3) is 0.783. The lowest BCUT2D eigenvalue weighted by atomic mass is 9.91. The fourth-order valence-corrected chi connectivity index (χ4v) is 10.3. The smallest absolute Gasteiger partial charge is 0.246 e. The molecule has 0 spiro atoms. The van der Waals surface area contributed by atoms with Crippen molar-refractivity contribution in [2.24, 2.45) is 35.5 Å². The summed E-state index contributed by atoms with van der Waals surface area (Å²) in [5.41, 5.74) is 0. The van der Waals surface area contributed by atoms with Gasteiger partial charge >= 0.3 is 0 Å². The normalized spacial score (nSPS) is 27.2. The Hall–Kier alpha value is -6.13. The van der Waals surface area contributed by atoms with Gasteiger partial charge in [-0.2, -0.15) is 0 Å². The minimum Gasteiger partial charge on any atom is -0.390 e. The van der Waals surface area contributed by atoms with Crippen molar-refractivity contribution in [1.29, 1.82) is 0 Å². The van der Waals surface area contributed by atoms with Crippen LogP contribution < -0.4 is 21.3 Å². The number of likely N-dealkylation sites (N-methyl/N-ethyl adjacent to an activating group) is 7. The van der Waals surface area contributed by atoms with Crippen molar-refractivity contribution in [1.82, 2.24) is 55.6 Å². The van der Waals surface area contributed by atoms with Gasteiger partial charge in [0.2, 0.25) is 65.0 Å². The van der Waals surface area contributed by atoms with Gasteiger partial charge in [0.25, 0.3) is 0 Å². The van der Waals surface area contributed by atoms with Crippen LogP contribution in [0.3, 0.4) is 0 Å². The Morgan fingerprint density at radius 3 is 1.39 bits per heavy atom. The Morgan fingerprint density at radius 1 is 0.470 bits per heavy atom. The Morgan fingerprint density at radius 2 is 0.916 bits per heavy atom. The van der Waals surface area contributed by atoms with Crippen LogP contribution in [0.1, 0.15) is 149 Å². The minimum atomic E-state index is -1.61. The van der Waals surface area contributed by atoms with E-state index in [2.05, 4.69) is 21.3 Å². The molecule has 0 aromatic heterocycles. The molecular formula is C60H107N11O12. The zero-order chi connectivity index (χ0) is 64.4. The third-order valence-corrected chi connectivity index (χ3v) is 15.7. The number of aliphatic hydroxyl groups excluding tert-OH is 1. The number of carbonyl (C=O) groups is 11. The average molecular weight is 1170 g/mol. The van der Waals surface area contributed by atoms with E-state index in [1.165, 1.54) is 89.7 Å². The van der Waals surface area contributed by atoms with Gasteiger partial charge in [0.15, 0.2) is 0 Å². The number of hydrogen-bond donors (Lipinski definition) is 5. The van der Waals surface area contributed by atoms with E-state index in [1.54, 1.807) is 46.8 Å². The first-order valence-corrected chi connectivity index (χ1v) is 29.7. The van der Waals surface area contributed by atoms with Crippen molar-refractivity contribution in [3.8, 4) is 0 Å². The van der Waals surface area contributed by atoms with E-state index in [9.17, 15) is 48.3 Å². The molecule has 0 aromatic rings. The zero-order valence-electron chi connectivity index (χ0n) is 54.5. The minimum absolute atomic E-state index is 0.0241. The number of nitrogens with zero attached hydrogens (tertiary/aromatic N) is 7. The van der Waals surface area contributed by atoms with E-state index in [1.807, 2.05) is 55.4 Å². The summed E-state index contributed by atoms with van der Waals surface area (Å²) in [6, 6.07) is -12.3. The molecule has 83 heavy (non-hydrogen) atoms. The number of carbonyl (C=O) groups excluding carboxylic acids is 11. The quantitative estimate of drug-likeness (QED) is 0.157. The topological polar surface area (TPSA) is 279 Å². The second-order valence-corrected chi connectivity index (χ2v) is 25.1. The molecule has 1 heterocycles. The molecule has 1 saturated heterocycles. The number of nitrogens with one attached hydrogen (secondary N) is 4. The van der Waals surface area contributed by atoms with Crippen molar-refractivity contribution < 1.29 is 57.8 Å². The van der Waals surface area contributed by atoms with Gasteiger partial charge in [0.05, 0.1) is 12.6 Å². The molecule has 1 fully saturated rings. The molecule has 23 nitrogen and oxygen atoms in total. The third-order valence-electron chi connectivity index (χ3n) is 15.7. The second kappa shape index (κ2) is 34.0. The lowest BCUT2D eigenvalue weighted by molar-refractivity contribution is -0.157. The summed E-state index contributed by atoms with van der Waals surface area (Å²) in [5, 5.41) is 22.9. The number of allylic oxidation sites excluding steroid dienone is 2. The van der Waals surface area contributed by atoms with Gasteiger partial charge in [-0.3, -0.25) is 52.7 Å². The number of hydrogen-bond acceptors (Lipinski definition) is 12. The van der Waals surface area contributed by atoms with Gasteiger partial charge in [0.1, 0.15) is 60.4 Å². The fourth-order valence-electron chi connectivity index (χ4n) is 10.3. The zero-order valence-corrected chi connectivity index (χ0v) is 54.5. The van der Waals surface area contributed by atoms with E-state index in [4.69, 9.17) is 0 Å². The average Bonchev–Trinajstić information content (AvgIpc) is 3.49. The highest BCUT2D eigenvalue weighted by molar-refractivity contribution is 5.99. The van der Waals surface area contributed by atoms with E-state index >= 15 is 9.59 Å². The maximum absolute atomic E-state index is 15.1. The van der Waals surface area contributed by atoms with Crippen molar-refractivity contribution in [3.63, 3.8) is 0 Å². The third kappa shape index (κ3) is 21.2. The largest absolute Gasteiger partial charge is 0.390 e. The maximum Gasteiger partial charge on any atom is 0.246 e. The van der Waals surface area contributed by atoms with Gasteiger partial charge in [-0.1, -0.05) is 95.2 Å². The van der Waals surface area contributed by atoms with E-state index in [-0.39, 0.29) is 55.8 Å². The predicted molar refractivity (Wildman–Crippen MR) is 319 cm³/mol. The molecule has 0 bridgehead atoms. The Kier molecular flexibility index (Phi) is 30.7. The molecule has 0 saturated carbocycles. The summed E-state index contributed by atoms with van der Waals surface area (Å²) in [5.74, 6) is -9.24. The molecule has 1 rings (SSSR count). The molecule has 23 heteroatoms. The molecule has 474 valence electrons. The lowest BCUT2D eigenvalue weighted by Crippen LogP contribution is -2.63. The summed E-state index contributed by atoms with van der Waals surface area (Å²) in [4.78, 5) is 167. The van der Waals surface area contributed by atoms with Gasteiger partial charge in [-0.25, -0.2) is 0 Å². The summed E-state index contributed by atoms with van der Waals surface area (Å²) in [7, 11) is 9.85. The molecule has 1 aliphatic rings.